The van der Waals surface area contributed by atoms with Gasteiger partial charge in [0.2, 0.25) is 5.28 Å². The number of aromatic nitrogens is 2. The molecule has 1 aromatic heterocycles. The summed E-state index contributed by atoms with van der Waals surface area (Å²) in [5.74, 6) is 0.889. The molecule has 1 unspecified atom stereocenters. The average molecular weight is 256 g/mol. The zero-order valence-corrected chi connectivity index (χ0v) is 10.8. The standard InChI is InChI=1S/C12H18ClN3O/c1-9-8-11(15-12(13)14-9)16-6-3-2-4-10(16)5-7-17/h8,10,17H,2-7H2,1H3. The van der Waals surface area contributed by atoms with Gasteiger partial charge in [0.1, 0.15) is 5.82 Å². The van der Waals surface area contributed by atoms with Gasteiger partial charge in [0.05, 0.1) is 0 Å². The number of hydrogen-bond donors (Lipinski definition) is 1. The van der Waals surface area contributed by atoms with Crippen molar-refractivity contribution < 1.29 is 5.11 Å². The van der Waals surface area contributed by atoms with E-state index in [1.165, 1.54) is 12.8 Å². The van der Waals surface area contributed by atoms with E-state index in [-0.39, 0.29) is 6.61 Å². The Morgan fingerprint density at radius 1 is 1.47 bits per heavy atom. The summed E-state index contributed by atoms with van der Waals surface area (Å²) in [6.07, 6.45) is 4.30. The molecule has 0 spiro atoms. The maximum Gasteiger partial charge on any atom is 0.224 e. The molecule has 0 bridgehead atoms. The molecule has 4 nitrogen and oxygen atoms in total. The Bertz CT molecular complexity index is 364. The first-order valence-electron chi connectivity index (χ1n) is 6.09. The van der Waals surface area contributed by atoms with Crippen molar-refractivity contribution in [1.29, 1.82) is 0 Å². The van der Waals surface area contributed by atoms with E-state index in [9.17, 15) is 0 Å². The Kier molecular flexibility index (Phi) is 4.18. The molecule has 1 saturated heterocycles. The molecule has 2 rings (SSSR count). The summed E-state index contributed by atoms with van der Waals surface area (Å²) in [4.78, 5) is 10.6. The first-order valence-corrected chi connectivity index (χ1v) is 6.47. The summed E-state index contributed by atoms with van der Waals surface area (Å²) in [5.41, 5.74) is 0.883. The zero-order chi connectivity index (χ0) is 12.3. The molecule has 94 valence electrons. The summed E-state index contributed by atoms with van der Waals surface area (Å²) < 4.78 is 0. The van der Waals surface area contributed by atoms with Crippen molar-refractivity contribution in [3.05, 3.63) is 17.0 Å². The summed E-state index contributed by atoms with van der Waals surface area (Å²) in [6.45, 7) is 3.12. The van der Waals surface area contributed by atoms with Crippen molar-refractivity contribution in [3.63, 3.8) is 0 Å². The molecule has 0 aliphatic carbocycles. The van der Waals surface area contributed by atoms with Crippen LogP contribution >= 0.6 is 11.6 Å². The third kappa shape index (κ3) is 3.07. The number of nitrogens with zero attached hydrogens (tertiary/aromatic N) is 3. The molecule has 0 aromatic carbocycles. The fraction of sp³-hybridized carbons (Fsp3) is 0.667. The highest BCUT2D eigenvalue weighted by Gasteiger charge is 2.23. The summed E-state index contributed by atoms with van der Waals surface area (Å²) in [7, 11) is 0. The number of halogens is 1. The Morgan fingerprint density at radius 3 is 3.00 bits per heavy atom. The second-order valence-corrected chi connectivity index (χ2v) is 4.83. The highest BCUT2D eigenvalue weighted by atomic mass is 35.5. The highest BCUT2D eigenvalue weighted by molar-refractivity contribution is 6.28. The first-order chi connectivity index (χ1) is 8.20. The van der Waals surface area contributed by atoms with Gasteiger partial charge in [-0.3, -0.25) is 0 Å². The summed E-state index contributed by atoms with van der Waals surface area (Å²) in [5, 5.41) is 9.41. The monoisotopic (exact) mass is 255 g/mol. The Balaban J connectivity index is 2.22. The predicted octanol–water partition coefficient (Wildman–Crippen LogP) is 2.18. The molecular weight excluding hydrogens is 238 g/mol. The number of rotatable bonds is 3. The van der Waals surface area contributed by atoms with Gasteiger partial charge >= 0.3 is 0 Å². The van der Waals surface area contributed by atoms with Gasteiger partial charge < -0.3 is 10.0 Å². The molecule has 1 N–H and O–H groups in total. The third-order valence-electron chi connectivity index (χ3n) is 3.20. The van der Waals surface area contributed by atoms with Crippen LogP contribution in [-0.2, 0) is 0 Å². The minimum atomic E-state index is 0.221. The molecule has 1 aliphatic rings. The van der Waals surface area contributed by atoms with E-state index in [1.807, 2.05) is 13.0 Å². The van der Waals surface area contributed by atoms with Gasteiger partial charge in [0, 0.05) is 31.0 Å². The van der Waals surface area contributed by atoms with Crippen molar-refractivity contribution in [3.8, 4) is 0 Å². The topological polar surface area (TPSA) is 49.2 Å². The van der Waals surface area contributed by atoms with Crippen LogP contribution in [0.3, 0.4) is 0 Å². The molecule has 2 heterocycles. The minimum absolute atomic E-state index is 0.221. The number of aliphatic hydroxyl groups is 1. The lowest BCUT2D eigenvalue weighted by atomic mass is 9.99. The van der Waals surface area contributed by atoms with E-state index < -0.39 is 0 Å². The van der Waals surface area contributed by atoms with Crippen LogP contribution in [0.25, 0.3) is 0 Å². The Labute approximate surface area is 107 Å². The summed E-state index contributed by atoms with van der Waals surface area (Å²) in [6, 6.07) is 2.33. The first kappa shape index (κ1) is 12.6. The molecule has 0 amide bonds. The third-order valence-corrected chi connectivity index (χ3v) is 3.37. The van der Waals surface area contributed by atoms with Crippen molar-refractivity contribution in [2.45, 2.75) is 38.6 Å². The molecule has 1 atom stereocenters. The number of hydrogen-bond acceptors (Lipinski definition) is 4. The predicted molar refractivity (Wildman–Crippen MR) is 68.5 cm³/mol. The highest BCUT2D eigenvalue weighted by Crippen LogP contribution is 2.26. The van der Waals surface area contributed by atoms with Gasteiger partial charge in [0.15, 0.2) is 0 Å². The van der Waals surface area contributed by atoms with Crippen molar-refractivity contribution >= 4 is 17.4 Å². The molecule has 1 aliphatic heterocycles. The van der Waals surface area contributed by atoms with Crippen LogP contribution in [0.2, 0.25) is 5.28 Å². The quantitative estimate of drug-likeness (QED) is 0.841. The van der Waals surface area contributed by atoms with Crippen molar-refractivity contribution in [2.75, 3.05) is 18.1 Å². The number of aryl methyl sites for hydroxylation is 1. The van der Waals surface area contributed by atoms with Gasteiger partial charge in [-0.25, -0.2) is 9.97 Å². The van der Waals surface area contributed by atoms with Crippen LogP contribution in [0.15, 0.2) is 6.07 Å². The Morgan fingerprint density at radius 2 is 2.29 bits per heavy atom. The van der Waals surface area contributed by atoms with Crippen LogP contribution in [0.5, 0.6) is 0 Å². The van der Waals surface area contributed by atoms with Gasteiger partial charge in [0.25, 0.3) is 0 Å². The zero-order valence-electron chi connectivity index (χ0n) is 10.1. The van der Waals surface area contributed by atoms with Crippen molar-refractivity contribution in [2.24, 2.45) is 0 Å². The number of anilines is 1. The van der Waals surface area contributed by atoms with Crippen LogP contribution in [0.1, 0.15) is 31.4 Å². The molecular formula is C12H18ClN3O. The van der Waals surface area contributed by atoms with E-state index in [1.54, 1.807) is 0 Å². The van der Waals surface area contributed by atoms with E-state index in [0.717, 1.165) is 30.9 Å². The molecule has 0 saturated carbocycles. The fourth-order valence-electron chi connectivity index (χ4n) is 2.41. The van der Waals surface area contributed by atoms with Gasteiger partial charge in [-0.05, 0) is 44.2 Å². The lowest BCUT2D eigenvalue weighted by Gasteiger charge is -2.36. The van der Waals surface area contributed by atoms with Crippen LogP contribution in [-0.4, -0.2) is 34.3 Å². The maximum atomic E-state index is 9.11. The molecule has 5 heteroatoms. The lowest BCUT2D eigenvalue weighted by Crippen LogP contribution is -2.40. The number of aliphatic hydroxyl groups excluding tert-OH is 1. The molecule has 1 aromatic rings. The smallest absolute Gasteiger partial charge is 0.224 e. The van der Waals surface area contributed by atoms with E-state index in [0.29, 0.717) is 11.3 Å². The maximum absolute atomic E-state index is 9.11. The van der Waals surface area contributed by atoms with Crippen LogP contribution in [0.4, 0.5) is 5.82 Å². The minimum Gasteiger partial charge on any atom is -0.396 e. The normalized spacial score (nSPS) is 20.6. The van der Waals surface area contributed by atoms with Crippen molar-refractivity contribution in [1.82, 2.24) is 9.97 Å². The lowest BCUT2D eigenvalue weighted by molar-refractivity contribution is 0.262. The van der Waals surface area contributed by atoms with E-state index >= 15 is 0 Å². The Hall–Kier alpha value is -0.870. The van der Waals surface area contributed by atoms with Gasteiger partial charge in [-0.15, -0.1) is 0 Å². The molecule has 1 fully saturated rings. The van der Waals surface area contributed by atoms with Crippen LogP contribution in [0, 0.1) is 6.92 Å². The molecule has 0 radical (unpaired) electrons. The average Bonchev–Trinajstić information content (AvgIpc) is 2.29. The van der Waals surface area contributed by atoms with Gasteiger partial charge in [-0.1, -0.05) is 0 Å². The molecule has 17 heavy (non-hydrogen) atoms. The van der Waals surface area contributed by atoms with E-state index in [4.69, 9.17) is 16.7 Å². The fourth-order valence-corrected chi connectivity index (χ4v) is 2.63. The SMILES string of the molecule is Cc1cc(N2CCCCC2CCO)nc(Cl)n1. The van der Waals surface area contributed by atoms with Crippen LogP contribution < -0.4 is 4.90 Å². The second kappa shape index (κ2) is 5.65. The van der Waals surface area contributed by atoms with E-state index in [2.05, 4.69) is 14.9 Å². The summed E-state index contributed by atoms with van der Waals surface area (Å²) >= 11 is 5.90. The van der Waals surface area contributed by atoms with Gasteiger partial charge in [-0.2, -0.15) is 0 Å². The largest absolute Gasteiger partial charge is 0.396 e. The number of piperidine rings is 1. The second-order valence-electron chi connectivity index (χ2n) is 4.49.